The molecule has 0 saturated carbocycles. The molecule has 3 aromatic rings. The van der Waals surface area contributed by atoms with Crippen LogP contribution in [0.2, 0.25) is 0 Å². The highest BCUT2D eigenvalue weighted by atomic mass is 32.1. The predicted molar refractivity (Wildman–Crippen MR) is 113 cm³/mol. The Kier molecular flexibility index (Phi) is 7.91. The first-order valence-electron chi connectivity index (χ1n) is 9.62. The van der Waals surface area contributed by atoms with Crippen LogP contribution in [-0.2, 0) is 17.9 Å². The van der Waals surface area contributed by atoms with E-state index in [2.05, 4.69) is 5.10 Å². The number of halogens is 5. The highest BCUT2D eigenvalue weighted by molar-refractivity contribution is 7.10. The van der Waals surface area contributed by atoms with Gasteiger partial charge in [-0.15, -0.1) is 11.3 Å². The van der Waals surface area contributed by atoms with Crippen LogP contribution in [-0.4, -0.2) is 44.9 Å². The van der Waals surface area contributed by atoms with Gasteiger partial charge in [0, 0.05) is 17.0 Å². The Morgan fingerprint density at radius 1 is 1.17 bits per heavy atom. The van der Waals surface area contributed by atoms with Crippen LogP contribution in [0.5, 0.6) is 11.5 Å². The molecule has 0 radical (unpaired) electrons. The summed E-state index contributed by atoms with van der Waals surface area (Å²) in [6.07, 6.45) is -5.62. The minimum atomic E-state index is -5.08. The van der Waals surface area contributed by atoms with Crippen LogP contribution in [0.15, 0.2) is 52.4 Å². The quantitative estimate of drug-likeness (QED) is 0.479. The van der Waals surface area contributed by atoms with Crippen molar-refractivity contribution in [1.29, 1.82) is 0 Å². The van der Waals surface area contributed by atoms with Gasteiger partial charge in [-0.3, -0.25) is 4.57 Å². The van der Waals surface area contributed by atoms with Gasteiger partial charge in [0.2, 0.25) is 6.79 Å². The zero-order valence-corrected chi connectivity index (χ0v) is 18.4. The monoisotopic (exact) mass is 520 g/mol. The van der Waals surface area contributed by atoms with Crippen molar-refractivity contribution in [3.05, 3.63) is 63.0 Å². The van der Waals surface area contributed by atoms with E-state index in [9.17, 15) is 26.7 Å². The number of alkyl halides is 3. The molecule has 9 nitrogen and oxygen atoms in total. The normalized spacial score (nSPS) is 12.2. The lowest BCUT2D eigenvalue weighted by Crippen LogP contribution is -2.27. The minimum absolute atomic E-state index is 0.216. The standard InChI is InChI=1S/C18H16F2N4O3S.C2HF3O2/c19-17(20)13(5-21)6-24-18(25)23(9-22-24)7-14-3-12(8-28-14)11-1-2-15-16(4-11)27-10-26-15;3-2(4,5)1(6)7/h1-4,8-9H,5-7,10,21H2;(H,6,7). The highest BCUT2D eigenvalue weighted by Crippen LogP contribution is 2.37. The van der Waals surface area contributed by atoms with Crippen LogP contribution in [0, 0.1) is 0 Å². The van der Waals surface area contributed by atoms with Crippen LogP contribution in [0.1, 0.15) is 4.88 Å². The molecule has 1 aliphatic rings. The van der Waals surface area contributed by atoms with Gasteiger partial charge in [-0.1, -0.05) is 6.07 Å². The Morgan fingerprint density at radius 3 is 2.49 bits per heavy atom. The maximum absolute atomic E-state index is 12.8. The molecular weight excluding hydrogens is 503 g/mol. The Bertz CT molecular complexity index is 1290. The van der Waals surface area contributed by atoms with Crippen molar-refractivity contribution >= 4 is 17.3 Å². The van der Waals surface area contributed by atoms with Crippen LogP contribution in [0.25, 0.3) is 11.1 Å². The number of nitrogens with two attached hydrogens (primary N) is 1. The molecule has 0 amide bonds. The molecule has 0 unspecified atom stereocenters. The summed E-state index contributed by atoms with van der Waals surface area (Å²) in [4.78, 5) is 22.2. The van der Waals surface area contributed by atoms with Crippen molar-refractivity contribution in [3.8, 4) is 22.6 Å². The van der Waals surface area contributed by atoms with E-state index >= 15 is 0 Å². The molecule has 4 rings (SSSR count). The summed E-state index contributed by atoms with van der Waals surface area (Å²) in [5.74, 6) is -1.34. The van der Waals surface area contributed by atoms with Gasteiger partial charge in [-0.05, 0) is 34.7 Å². The molecule has 0 fully saturated rings. The van der Waals surface area contributed by atoms with Crippen molar-refractivity contribution in [2.45, 2.75) is 19.3 Å². The molecular formula is C20H17F5N4O5S. The van der Waals surface area contributed by atoms with Gasteiger partial charge in [0.15, 0.2) is 11.5 Å². The van der Waals surface area contributed by atoms with Crippen molar-refractivity contribution in [3.63, 3.8) is 0 Å². The summed E-state index contributed by atoms with van der Waals surface area (Å²) < 4.78 is 70.3. The lowest BCUT2D eigenvalue weighted by atomic mass is 10.1. The molecule has 35 heavy (non-hydrogen) atoms. The first-order chi connectivity index (χ1) is 16.5. The van der Waals surface area contributed by atoms with E-state index in [1.165, 1.54) is 22.2 Å². The number of fused-ring (bicyclic) bond motifs is 1. The van der Waals surface area contributed by atoms with E-state index < -0.39 is 23.9 Å². The summed E-state index contributed by atoms with van der Waals surface area (Å²) in [6.45, 7) is -0.134. The molecule has 0 saturated heterocycles. The van der Waals surface area contributed by atoms with Gasteiger partial charge < -0.3 is 20.3 Å². The van der Waals surface area contributed by atoms with Crippen molar-refractivity contribution in [2.24, 2.45) is 5.73 Å². The van der Waals surface area contributed by atoms with E-state index in [4.69, 9.17) is 25.1 Å². The zero-order chi connectivity index (χ0) is 25.8. The van der Waals surface area contributed by atoms with E-state index in [1.54, 1.807) is 0 Å². The first kappa shape index (κ1) is 25.9. The average molecular weight is 520 g/mol. The number of hydrogen-bond acceptors (Lipinski definition) is 7. The Hall–Kier alpha value is -3.72. The fraction of sp³-hybridized carbons (Fsp3) is 0.250. The summed E-state index contributed by atoms with van der Waals surface area (Å²) in [6, 6.07) is 7.68. The van der Waals surface area contributed by atoms with Gasteiger partial charge in [0.25, 0.3) is 6.08 Å². The number of thiophene rings is 1. The number of ether oxygens (including phenoxy) is 2. The van der Waals surface area contributed by atoms with Crippen molar-refractivity contribution in [1.82, 2.24) is 14.3 Å². The lowest BCUT2D eigenvalue weighted by Gasteiger charge is -2.02. The number of aliphatic carboxylic acids is 1. The van der Waals surface area contributed by atoms with Crippen molar-refractivity contribution < 1.29 is 41.3 Å². The molecule has 1 aliphatic heterocycles. The predicted octanol–water partition coefficient (Wildman–Crippen LogP) is 3.29. The second-order valence-electron chi connectivity index (χ2n) is 6.94. The van der Waals surface area contributed by atoms with Crippen LogP contribution in [0.3, 0.4) is 0 Å². The molecule has 3 N–H and O–H groups in total. The third-order valence-electron chi connectivity index (χ3n) is 4.58. The molecule has 0 aliphatic carbocycles. The Morgan fingerprint density at radius 2 is 1.86 bits per heavy atom. The lowest BCUT2D eigenvalue weighted by molar-refractivity contribution is -0.192. The number of carboxylic acids is 1. The third-order valence-corrected chi connectivity index (χ3v) is 5.50. The first-order valence-corrected chi connectivity index (χ1v) is 10.5. The molecule has 0 bridgehead atoms. The van der Waals surface area contributed by atoms with Gasteiger partial charge in [0.05, 0.1) is 13.1 Å². The summed E-state index contributed by atoms with van der Waals surface area (Å²) in [7, 11) is 0. The minimum Gasteiger partial charge on any atom is -0.475 e. The highest BCUT2D eigenvalue weighted by Gasteiger charge is 2.38. The number of rotatable bonds is 6. The van der Waals surface area contributed by atoms with E-state index in [0.717, 1.165) is 20.7 Å². The van der Waals surface area contributed by atoms with Crippen LogP contribution in [0.4, 0.5) is 22.0 Å². The number of benzene rings is 1. The van der Waals surface area contributed by atoms with E-state index in [1.807, 2.05) is 29.6 Å². The molecule has 3 heterocycles. The summed E-state index contributed by atoms with van der Waals surface area (Å²) in [5, 5.41) is 13.0. The van der Waals surface area contributed by atoms with E-state index in [-0.39, 0.29) is 25.5 Å². The second kappa shape index (κ2) is 10.7. The molecule has 1 aromatic carbocycles. The Labute approximate surface area is 197 Å². The SMILES string of the molecule is NCC(Cn1ncn(Cc2cc(-c3ccc4c(c3)OCO4)cs2)c1=O)=C(F)F.O=C(O)C(F)(F)F. The number of aromatic nitrogens is 3. The third kappa shape index (κ3) is 6.45. The second-order valence-corrected chi connectivity index (χ2v) is 7.94. The molecule has 15 heteroatoms. The Balaban J connectivity index is 0.000000429. The molecule has 188 valence electrons. The van der Waals surface area contributed by atoms with Crippen molar-refractivity contribution in [2.75, 3.05) is 13.3 Å². The molecule has 0 spiro atoms. The number of nitrogens with zero attached hydrogens (tertiary/aromatic N) is 3. The molecule has 0 atom stereocenters. The summed E-state index contributed by atoms with van der Waals surface area (Å²) >= 11 is 1.50. The average Bonchev–Trinajstić information content (AvgIpc) is 3.53. The largest absolute Gasteiger partial charge is 0.490 e. The number of carbonyl (C=O) groups is 1. The maximum Gasteiger partial charge on any atom is 0.490 e. The smallest absolute Gasteiger partial charge is 0.475 e. The van der Waals surface area contributed by atoms with Gasteiger partial charge in [-0.2, -0.15) is 27.1 Å². The van der Waals surface area contributed by atoms with Gasteiger partial charge in [0.1, 0.15) is 6.33 Å². The fourth-order valence-electron chi connectivity index (χ4n) is 2.83. The number of hydrogen-bond donors (Lipinski definition) is 2. The van der Waals surface area contributed by atoms with Crippen LogP contribution < -0.4 is 20.9 Å². The maximum atomic E-state index is 12.8. The van der Waals surface area contributed by atoms with Crippen LogP contribution >= 0.6 is 11.3 Å². The number of carboxylic acid groups (broad SMARTS) is 1. The van der Waals surface area contributed by atoms with Gasteiger partial charge in [-0.25, -0.2) is 14.3 Å². The zero-order valence-electron chi connectivity index (χ0n) is 17.6. The topological polar surface area (TPSA) is 122 Å². The molecule has 2 aromatic heterocycles. The summed E-state index contributed by atoms with van der Waals surface area (Å²) in [5.41, 5.74) is 6.48. The fourth-order valence-corrected chi connectivity index (χ4v) is 3.72. The van der Waals surface area contributed by atoms with E-state index in [0.29, 0.717) is 18.0 Å². The van der Waals surface area contributed by atoms with Gasteiger partial charge >= 0.3 is 17.8 Å².